The van der Waals surface area contributed by atoms with E-state index in [9.17, 15) is 0 Å². The summed E-state index contributed by atoms with van der Waals surface area (Å²) in [5.74, 6) is 0. The second kappa shape index (κ2) is 15.6. The molecule has 4 nitrogen and oxygen atoms in total. The molecule has 105 valence electrons. The molecule has 0 N–H and O–H groups in total. The molecular formula is C12H25O4SZn. The van der Waals surface area contributed by atoms with Crippen molar-refractivity contribution in [2.75, 3.05) is 0 Å². The van der Waals surface area contributed by atoms with Crippen LogP contribution in [0.25, 0.3) is 0 Å². The first-order valence-electron chi connectivity index (χ1n) is 6.87. The predicted molar refractivity (Wildman–Crippen MR) is 67.1 cm³/mol. The molecule has 0 radical (unpaired) electrons. The van der Waals surface area contributed by atoms with Crippen LogP contribution in [0.4, 0.5) is 0 Å². The summed E-state index contributed by atoms with van der Waals surface area (Å²) >= 11 is 1.50. The van der Waals surface area contributed by atoms with Gasteiger partial charge in [-0.05, 0) is 0 Å². The van der Waals surface area contributed by atoms with E-state index in [1.165, 1.54) is 87.5 Å². The monoisotopic (exact) mass is 329 g/mol. The van der Waals surface area contributed by atoms with Crippen LogP contribution >= 0.6 is 0 Å². The van der Waals surface area contributed by atoms with Gasteiger partial charge in [0.2, 0.25) is 0 Å². The zero-order valence-electron chi connectivity index (χ0n) is 11.5. The van der Waals surface area contributed by atoms with Gasteiger partial charge in [-0.15, -0.1) is 0 Å². The third kappa shape index (κ3) is 36.0. The quantitative estimate of drug-likeness (QED) is 0.265. The molecule has 0 amide bonds. The largest absolute Gasteiger partial charge is 0.759 e. The molecule has 0 saturated heterocycles. The number of hydrogen-bond donors (Lipinski definition) is 0. The molecule has 0 rings (SSSR count). The van der Waals surface area contributed by atoms with Crippen molar-refractivity contribution in [3.05, 3.63) is 0 Å². The van der Waals surface area contributed by atoms with Gasteiger partial charge in [-0.2, -0.15) is 0 Å². The van der Waals surface area contributed by atoms with E-state index in [0.29, 0.717) is 0 Å². The van der Waals surface area contributed by atoms with Gasteiger partial charge in [-0.3, -0.25) is 8.42 Å². The summed E-state index contributed by atoms with van der Waals surface area (Å²) < 4.78 is 34.1. The van der Waals surface area contributed by atoms with Crippen LogP contribution in [0.1, 0.15) is 71.1 Å². The van der Waals surface area contributed by atoms with Crippen LogP contribution in [-0.2, 0) is 28.7 Å². The van der Waals surface area contributed by atoms with Gasteiger partial charge in [0.05, 0.1) is 0 Å². The minimum Gasteiger partial charge on any atom is -0.759 e. The Labute approximate surface area is 122 Å². The molecule has 0 spiro atoms. The summed E-state index contributed by atoms with van der Waals surface area (Å²) in [6.45, 7) is 2.29. The predicted octanol–water partition coefficient (Wildman–Crippen LogP) is 3.53. The maximum absolute atomic E-state index is 8.52. The van der Waals surface area contributed by atoms with Gasteiger partial charge in [0.15, 0.2) is 0 Å². The van der Waals surface area contributed by atoms with E-state index in [1.807, 2.05) is 0 Å². The molecule has 0 aromatic carbocycles. The van der Waals surface area contributed by atoms with Crippen molar-refractivity contribution in [1.29, 1.82) is 0 Å². The van der Waals surface area contributed by atoms with E-state index < -0.39 is 10.4 Å². The zero-order valence-corrected chi connectivity index (χ0v) is 15.3. The van der Waals surface area contributed by atoms with Crippen LogP contribution in [0.2, 0.25) is 5.02 Å². The van der Waals surface area contributed by atoms with E-state index in [4.69, 9.17) is 17.5 Å². The first-order chi connectivity index (χ1) is 8.41. The van der Waals surface area contributed by atoms with Crippen LogP contribution in [0.5, 0.6) is 0 Å². The molecule has 0 unspecified atom stereocenters. The Morgan fingerprint density at radius 1 is 0.778 bits per heavy atom. The van der Waals surface area contributed by atoms with E-state index in [0.717, 1.165) is 0 Å². The molecule has 0 bridgehead atoms. The van der Waals surface area contributed by atoms with Gasteiger partial charge in [0.25, 0.3) is 0 Å². The Morgan fingerprint density at radius 2 is 1.06 bits per heavy atom. The van der Waals surface area contributed by atoms with Crippen LogP contribution in [0.3, 0.4) is 0 Å². The molecule has 0 aliphatic heterocycles. The fraction of sp³-hybridized carbons (Fsp3) is 1.00. The van der Waals surface area contributed by atoms with Crippen molar-refractivity contribution in [1.82, 2.24) is 0 Å². The van der Waals surface area contributed by atoms with Crippen molar-refractivity contribution in [3.8, 4) is 0 Å². The Balaban J connectivity index is 0. The molecule has 0 aliphatic rings. The molecule has 0 aromatic rings. The maximum atomic E-state index is 8.52. The van der Waals surface area contributed by atoms with E-state index in [1.54, 1.807) is 0 Å². The van der Waals surface area contributed by atoms with Crippen molar-refractivity contribution in [3.63, 3.8) is 0 Å². The zero-order chi connectivity index (χ0) is 14.3. The minimum absolute atomic E-state index is 1.38. The summed E-state index contributed by atoms with van der Waals surface area (Å²) in [4.78, 5) is 0. The van der Waals surface area contributed by atoms with Crippen LogP contribution < -0.4 is 0 Å². The number of hydrogen-bond acceptors (Lipinski definition) is 4. The Kier molecular flexibility index (Phi) is 18.0. The first kappa shape index (κ1) is 20.8. The van der Waals surface area contributed by atoms with Crippen LogP contribution in [0.15, 0.2) is 0 Å². The van der Waals surface area contributed by atoms with E-state index in [-0.39, 0.29) is 0 Å². The summed E-state index contributed by atoms with van der Waals surface area (Å²) in [5.41, 5.74) is 0. The third-order valence-electron chi connectivity index (χ3n) is 2.60. The second-order valence-electron chi connectivity index (χ2n) is 4.44. The van der Waals surface area contributed by atoms with Crippen molar-refractivity contribution < 1.29 is 35.8 Å². The van der Waals surface area contributed by atoms with Gasteiger partial charge in [-0.25, -0.2) is 0 Å². The summed E-state index contributed by atoms with van der Waals surface area (Å²) in [5, 5.41) is 1.50. The average Bonchev–Trinajstić information content (AvgIpc) is 2.25. The number of unbranched alkanes of at least 4 members (excludes halogenated alkanes) is 9. The minimum atomic E-state index is -5.17. The Hall–Kier alpha value is 0.493. The second-order valence-corrected chi connectivity index (χ2v) is 6.74. The fourth-order valence-electron chi connectivity index (χ4n) is 1.66. The summed E-state index contributed by atoms with van der Waals surface area (Å²) in [6.07, 6.45) is 14.7. The molecule has 18 heavy (non-hydrogen) atoms. The summed E-state index contributed by atoms with van der Waals surface area (Å²) in [6, 6.07) is 0. The fourth-order valence-corrected chi connectivity index (χ4v) is 2.41. The molecule has 0 atom stereocenters. The maximum Gasteiger partial charge on any atom is 0.0311 e. The van der Waals surface area contributed by atoms with Gasteiger partial charge in [0, 0.05) is 10.4 Å². The molecule has 0 fully saturated rings. The Morgan fingerprint density at radius 3 is 1.33 bits per heavy atom. The molecule has 6 heteroatoms. The van der Waals surface area contributed by atoms with Crippen molar-refractivity contribution >= 4 is 10.4 Å². The van der Waals surface area contributed by atoms with Crippen LogP contribution in [-0.4, -0.2) is 17.5 Å². The third-order valence-corrected chi connectivity index (χ3v) is 3.65. The van der Waals surface area contributed by atoms with E-state index >= 15 is 0 Å². The molecule has 0 aliphatic carbocycles. The first-order valence-corrected chi connectivity index (χ1v) is 10.3. The van der Waals surface area contributed by atoms with Crippen LogP contribution in [0, 0.1) is 0 Å². The molecule has 0 aromatic heterocycles. The van der Waals surface area contributed by atoms with Crippen molar-refractivity contribution in [2.24, 2.45) is 0 Å². The number of rotatable bonds is 10. The smallest absolute Gasteiger partial charge is 0.0311 e. The van der Waals surface area contributed by atoms with Gasteiger partial charge in [0.1, 0.15) is 0 Å². The van der Waals surface area contributed by atoms with Gasteiger partial charge >= 0.3 is 94.4 Å². The molecule has 0 saturated carbocycles. The van der Waals surface area contributed by atoms with E-state index in [2.05, 4.69) is 6.92 Å². The SMILES string of the molecule is CCCCCCCCCCC[CH2][Zn+2].O=S(=O)([O-])[O-]. The standard InChI is InChI=1S/C12H25.H2O4S.Zn/c1-3-5-7-9-11-12-10-8-6-4-2;1-5(2,3)4;/h1,3-12H2,2H3;(H2,1,2,3,4);/q;;+2/p-2. The molecular weight excluding hydrogens is 306 g/mol. The average molecular weight is 331 g/mol. The van der Waals surface area contributed by atoms with Crippen molar-refractivity contribution in [2.45, 2.75) is 76.1 Å². The normalized spacial score (nSPS) is 10.9. The van der Waals surface area contributed by atoms with Gasteiger partial charge < -0.3 is 9.11 Å². The Bertz CT molecular complexity index is 224. The summed E-state index contributed by atoms with van der Waals surface area (Å²) in [7, 11) is -5.17. The van der Waals surface area contributed by atoms with Gasteiger partial charge in [-0.1, -0.05) is 0 Å². The molecule has 0 heterocycles. The topological polar surface area (TPSA) is 80.3 Å².